The van der Waals surface area contributed by atoms with Crippen LogP contribution < -0.4 is 15.4 Å². The first-order valence-corrected chi connectivity index (χ1v) is 7.93. The van der Waals surface area contributed by atoms with Crippen molar-refractivity contribution in [1.82, 2.24) is 10.3 Å². The number of rotatable bonds is 5. The highest BCUT2D eigenvalue weighted by molar-refractivity contribution is 6.32. The van der Waals surface area contributed by atoms with E-state index in [1.165, 1.54) is 0 Å². The van der Waals surface area contributed by atoms with E-state index < -0.39 is 0 Å². The third-order valence-electron chi connectivity index (χ3n) is 3.75. The van der Waals surface area contributed by atoms with Crippen molar-refractivity contribution in [3.8, 4) is 5.75 Å². The molecule has 1 aromatic carbocycles. The van der Waals surface area contributed by atoms with Crippen molar-refractivity contribution in [3.63, 3.8) is 0 Å². The zero-order chi connectivity index (χ0) is 16.1. The van der Waals surface area contributed by atoms with Gasteiger partial charge in [-0.2, -0.15) is 0 Å². The van der Waals surface area contributed by atoms with Crippen LogP contribution in [0.25, 0.3) is 0 Å². The molecule has 1 aliphatic rings. The number of nitrogens with zero attached hydrogens (tertiary/aromatic N) is 1. The molecule has 1 aromatic heterocycles. The van der Waals surface area contributed by atoms with E-state index in [0.29, 0.717) is 23.1 Å². The lowest BCUT2D eigenvalue weighted by Gasteiger charge is -2.12. The highest BCUT2D eigenvalue weighted by atomic mass is 35.5. The minimum Gasteiger partial charge on any atom is -0.487 e. The Labute approximate surface area is 164 Å². The maximum atomic E-state index is 12.1. The van der Waals surface area contributed by atoms with E-state index in [9.17, 15) is 4.79 Å². The van der Waals surface area contributed by atoms with E-state index >= 15 is 0 Å². The molecule has 1 saturated heterocycles. The lowest BCUT2D eigenvalue weighted by atomic mass is 10.1. The lowest BCUT2D eigenvalue weighted by molar-refractivity contribution is -0.119. The molecule has 0 radical (unpaired) electrons. The van der Waals surface area contributed by atoms with Gasteiger partial charge in [-0.3, -0.25) is 9.78 Å². The summed E-state index contributed by atoms with van der Waals surface area (Å²) in [7, 11) is 0. The van der Waals surface area contributed by atoms with Gasteiger partial charge in [-0.15, -0.1) is 24.8 Å². The molecule has 3 rings (SSSR count). The molecule has 136 valence electrons. The predicted octanol–water partition coefficient (Wildman–Crippen LogP) is 3.71. The van der Waals surface area contributed by atoms with Gasteiger partial charge in [0.15, 0.2) is 0 Å². The summed E-state index contributed by atoms with van der Waals surface area (Å²) in [6.07, 6.45) is 4.33. The van der Waals surface area contributed by atoms with Crippen LogP contribution in [-0.2, 0) is 11.4 Å². The Morgan fingerprint density at radius 2 is 2.20 bits per heavy atom. The molecule has 0 aliphatic carbocycles. The van der Waals surface area contributed by atoms with Gasteiger partial charge in [-0.05, 0) is 37.2 Å². The van der Waals surface area contributed by atoms with Gasteiger partial charge < -0.3 is 15.4 Å². The number of amides is 1. The minimum absolute atomic E-state index is 0. The number of ether oxygens (including phenoxy) is 1. The number of anilines is 1. The third-order valence-corrected chi connectivity index (χ3v) is 4.04. The number of hydrogen-bond acceptors (Lipinski definition) is 4. The zero-order valence-corrected chi connectivity index (χ0v) is 15.8. The fraction of sp³-hybridized carbons (Fsp3) is 0.294. The maximum Gasteiger partial charge on any atom is 0.228 e. The Balaban J connectivity index is 0.00000156. The Kier molecular flexibility index (Phi) is 9.00. The van der Waals surface area contributed by atoms with Gasteiger partial charge in [0.25, 0.3) is 0 Å². The first kappa shape index (κ1) is 21.5. The number of halogens is 3. The van der Waals surface area contributed by atoms with E-state index in [1.54, 1.807) is 30.6 Å². The number of hydrogen-bond donors (Lipinski definition) is 2. The predicted molar refractivity (Wildman–Crippen MR) is 104 cm³/mol. The summed E-state index contributed by atoms with van der Waals surface area (Å²) in [4.78, 5) is 16.1. The van der Waals surface area contributed by atoms with Crippen LogP contribution in [0, 0.1) is 5.92 Å². The fourth-order valence-corrected chi connectivity index (χ4v) is 2.70. The summed E-state index contributed by atoms with van der Waals surface area (Å²) in [6.45, 7) is 2.01. The highest BCUT2D eigenvalue weighted by Gasteiger charge is 2.22. The van der Waals surface area contributed by atoms with Crippen molar-refractivity contribution >= 4 is 48.0 Å². The quantitative estimate of drug-likeness (QED) is 0.797. The Morgan fingerprint density at radius 1 is 1.36 bits per heavy atom. The number of aromatic nitrogens is 1. The molecule has 2 heterocycles. The van der Waals surface area contributed by atoms with Crippen LogP contribution >= 0.6 is 36.4 Å². The van der Waals surface area contributed by atoms with Gasteiger partial charge >= 0.3 is 0 Å². The number of benzene rings is 1. The molecule has 5 nitrogen and oxygen atoms in total. The molecule has 0 spiro atoms. The molecule has 25 heavy (non-hydrogen) atoms. The van der Waals surface area contributed by atoms with Gasteiger partial charge in [-0.25, -0.2) is 0 Å². The molecular formula is C17H20Cl3N3O2. The van der Waals surface area contributed by atoms with Crippen molar-refractivity contribution in [2.24, 2.45) is 5.92 Å². The van der Waals surface area contributed by atoms with E-state index in [-0.39, 0.29) is 36.6 Å². The standard InChI is InChI=1S/C17H18ClN3O2.2ClH/c18-15-8-14(21-17(22)13-5-7-20-10-13)3-4-16(15)23-11-12-2-1-6-19-9-12;;/h1-4,6,8-9,13,20H,5,7,10-11H2,(H,21,22);2*1H. The number of carbonyl (C=O) groups is 1. The normalized spacial score (nSPS) is 15.6. The van der Waals surface area contributed by atoms with Crippen LogP contribution in [0.5, 0.6) is 5.75 Å². The summed E-state index contributed by atoms with van der Waals surface area (Å²) >= 11 is 6.23. The average molecular weight is 405 g/mol. The third kappa shape index (κ3) is 6.04. The first-order chi connectivity index (χ1) is 11.2. The number of carbonyl (C=O) groups excluding carboxylic acids is 1. The second kappa shape index (κ2) is 10.5. The van der Waals surface area contributed by atoms with Crippen LogP contribution in [0.4, 0.5) is 5.69 Å². The summed E-state index contributed by atoms with van der Waals surface area (Å²) in [5, 5.41) is 6.55. The van der Waals surface area contributed by atoms with E-state index in [2.05, 4.69) is 15.6 Å². The molecule has 1 fully saturated rings. The van der Waals surface area contributed by atoms with Crippen molar-refractivity contribution in [1.29, 1.82) is 0 Å². The maximum absolute atomic E-state index is 12.1. The molecule has 1 unspecified atom stereocenters. The highest BCUT2D eigenvalue weighted by Crippen LogP contribution is 2.28. The molecular weight excluding hydrogens is 385 g/mol. The molecule has 2 aromatic rings. The molecule has 1 amide bonds. The van der Waals surface area contributed by atoms with Crippen LogP contribution in [-0.4, -0.2) is 24.0 Å². The number of pyridine rings is 1. The minimum atomic E-state index is 0. The number of nitrogens with one attached hydrogen (secondary N) is 2. The Morgan fingerprint density at radius 3 is 2.84 bits per heavy atom. The van der Waals surface area contributed by atoms with Gasteiger partial charge in [0.2, 0.25) is 5.91 Å². The monoisotopic (exact) mass is 403 g/mol. The van der Waals surface area contributed by atoms with Crippen molar-refractivity contribution in [3.05, 3.63) is 53.3 Å². The Hall–Kier alpha value is -1.53. The summed E-state index contributed by atoms with van der Waals surface area (Å²) in [5.41, 5.74) is 1.65. The SMILES string of the molecule is Cl.Cl.O=C(Nc1ccc(OCc2cccnc2)c(Cl)c1)C1CCNC1. The van der Waals surface area contributed by atoms with Crippen LogP contribution in [0.3, 0.4) is 0 Å². The molecule has 0 saturated carbocycles. The van der Waals surface area contributed by atoms with Crippen LogP contribution in [0.1, 0.15) is 12.0 Å². The van der Waals surface area contributed by atoms with Gasteiger partial charge in [0, 0.05) is 30.2 Å². The second-order valence-electron chi connectivity index (χ2n) is 5.47. The molecule has 0 bridgehead atoms. The van der Waals surface area contributed by atoms with E-state index in [0.717, 1.165) is 25.1 Å². The molecule has 8 heteroatoms. The first-order valence-electron chi connectivity index (χ1n) is 7.55. The van der Waals surface area contributed by atoms with Crippen LogP contribution in [0.2, 0.25) is 5.02 Å². The molecule has 2 N–H and O–H groups in total. The van der Waals surface area contributed by atoms with Gasteiger partial charge in [0.1, 0.15) is 12.4 Å². The largest absolute Gasteiger partial charge is 0.487 e. The lowest BCUT2D eigenvalue weighted by Crippen LogP contribution is -2.24. The second-order valence-corrected chi connectivity index (χ2v) is 5.88. The van der Waals surface area contributed by atoms with Crippen molar-refractivity contribution in [2.75, 3.05) is 18.4 Å². The molecule has 1 aliphatic heterocycles. The van der Waals surface area contributed by atoms with Crippen molar-refractivity contribution < 1.29 is 9.53 Å². The summed E-state index contributed by atoms with van der Waals surface area (Å²) < 4.78 is 5.69. The molecule has 1 atom stereocenters. The zero-order valence-electron chi connectivity index (χ0n) is 13.4. The smallest absolute Gasteiger partial charge is 0.228 e. The van der Waals surface area contributed by atoms with Crippen LogP contribution in [0.15, 0.2) is 42.7 Å². The average Bonchev–Trinajstić information content (AvgIpc) is 3.10. The van der Waals surface area contributed by atoms with E-state index in [4.69, 9.17) is 16.3 Å². The summed E-state index contributed by atoms with van der Waals surface area (Å²) in [5.74, 6) is 0.626. The topological polar surface area (TPSA) is 63.2 Å². The van der Waals surface area contributed by atoms with Gasteiger partial charge in [0.05, 0.1) is 10.9 Å². The Bertz CT molecular complexity index is 680. The van der Waals surface area contributed by atoms with E-state index in [1.807, 2.05) is 12.1 Å². The van der Waals surface area contributed by atoms with Crippen molar-refractivity contribution in [2.45, 2.75) is 13.0 Å². The summed E-state index contributed by atoms with van der Waals surface area (Å²) in [6, 6.07) is 9.06. The fourth-order valence-electron chi connectivity index (χ4n) is 2.46. The van der Waals surface area contributed by atoms with Gasteiger partial charge in [-0.1, -0.05) is 17.7 Å².